The van der Waals surface area contributed by atoms with E-state index in [4.69, 9.17) is 9.47 Å². The van der Waals surface area contributed by atoms with Gasteiger partial charge in [0.05, 0.1) is 18.8 Å². The highest BCUT2D eigenvalue weighted by Gasteiger charge is 2.32. The van der Waals surface area contributed by atoms with E-state index in [1.807, 2.05) is 30.3 Å². The minimum absolute atomic E-state index is 0.0454. The highest BCUT2D eigenvalue weighted by Crippen LogP contribution is 2.22. The minimum atomic E-state index is -0.904. The highest BCUT2D eigenvalue weighted by molar-refractivity contribution is 5.97. The lowest BCUT2D eigenvalue weighted by atomic mass is 10.1. The maximum Gasteiger partial charge on any atom is 0.410 e. The Morgan fingerprint density at radius 2 is 1.93 bits per heavy atom. The van der Waals surface area contributed by atoms with Crippen LogP contribution in [0.15, 0.2) is 35.1 Å². The zero-order chi connectivity index (χ0) is 20.3. The lowest BCUT2D eigenvalue weighted by Gasteiger charge is -2.33. The summed E-state index contributed by atoms with van der Waals surface area (Å²) < 4.78 is 10.8. The first kappa shape index (κ1) is 19.7. The molecule has 1 aromatic heterocycles. The zero-order valence-corrected chi connectivity index (χ0v) is 16.1. The third-order valence-corrected chi connectivity index (χ3v) is 4.10. The molecule has 3 rings (SSSR count). The molecule has 1 atom stereocenters. The predicted octanol–water partition coefficient (Wildman–Crippen LogP) is 1.94. The van der Waals surface area contributed by atoms with Crippen LogP contribution in [0.3, 0.4) is 0 Å². The first-order valence-electron chi connectivity index (χ1n) is 9.01. The molecule has 28 heavy (non-hydrogen) atoms. The fraction of sp³-hybridized carbons (Fsp3) is 0.421. The number of aromatic nitrogens is 2. The monoisotopic (exact) mass is 388 g/mol. The molecule has 2 aromatic rings. The van der Waals surface area contributed by atoms with Gasteiger partial charge < -0.3 is 19.7 Å². The Bertz CT molecular complexity index is 897. The van der Waals surface area contributed by atoms with Crippen molar-refractivity contribution in [3.63, 3.8) is 0 Å². The molecule has 1 aliphatic heterocycles. The Labute approximate surface area is 162 Å². The smallest absolute Gasteiger partial charge is 0.410 e. The summed E-state index contributed by atoms with van der Waals surface area (Å²) in [6, 6.07) is 9.14. The molecular formula is C19H24N4O5. The molecular weight excluding hydrogens is 364 g/mol. The van der Waals surface area contributed by atoms with E-state index in [0.29, 0.717) is 12.2 Å². The van der Waals surface area contributed by atoms with E-state index in [0.717, 1.165) is 5.56 Å². The number of nitrogens with zero attached hydrogens (tertiary/aromatic N) is 1. The third-order valence-electron chi connectivity index (χ3n) is 4.10. The molecule has 0 saturated carbocycles. The van der Waals surface area contributed by atoms with Crippen molar-refractivity contribution in [3.8, 4) is 11.3 Å². The SMILES string of the molecule is CC(C)(C)OC(=O)N1CCO[C@@H](C(=O)Nc2c(-c3ccccc3)[nH][nH]c2=O)C1. The number of aromatic amines is 2. The molecule has 9 nitrogen and oxygen atoms in total. The molecule has 0 bridgehead atoms. The van der Waals surface area contributed by atoms with Crippen LogP contribution in [0.1, 0.15) is 20.8 Å². The summed E-state index contributed by atoms with van der Waals surface area (Å²) in [4.78, 5) is 38.5. The van der Waals surface area contributed by atoms with Crippen molar-refractivity contribution >= 4 is 17.7 Å². The van der Waals surface area contributed by atoms with Gasteiger partial charge in [-0.25, -0.2) is 4.79 Å². The van der Waals surface area contributed by atoms with Gasteiger partial charge >= 0.3 is 6.09 Å². The number of anilines is 1. The van der Waals surface area contributed by atoms with E-state index in [1.165, 1.54) is 4.90 Å². The van der Waals surface area contributed by atoms with E-state index >= 15 is 0 Å². The quantitative estimate of drug-likeness (QED) is 0.743. The number of amides is 2. The summed E-state index contributed by atoms with van der Waals surface area (Å²) in [5.41, 5.74) is 0.243. The van der Waals surface area contributed by atoms with E-state index in [2.05, 4.69) is 15.5 Å². The van der Waals surface area contributed by atoms with Gasteiger partial charge in [0.2, 0.25) is 0 Å². The van der Waals surface area contributed by atoms with Crippen molar-refractivity contribution in [2.45, 2.75) is 32.5 Å². The van der Waals surface area contributed by atoms with E-state index < -0.39 is 29.3 Å². The number of hydrogen-bond acceptors (Lipinski definition) is 5. The van der Waals surface area contributed by atoms with Crippen LogP contribution in [0.5, 0.6) is 0 Å². The predicted molar refractivity (Wildman–Crippen MR) is 103 cm³/mol. The Hall–Kier alpha value is -3.07. The average molecular weight is 388 g/mol. The van der Waals surface area contributed by atoms with Crippen LogP contribution in [0.4, 0.5) is 10.5 Å². The molecule has 1 fully saturated rings. The van der Waals surface area contributed by atoms with Gasteiger partial charge in [0.1, 0.15) is 11.3 Å². The molecule has 2 heterocycles. The van der Waals surface area contributed by atoms with Gasteiger partial charge in [-0.15, -0.1) is 0 Å². The van der Waals surface area contributed by atoms with Crippen LogP contribution in [0.25, 0.3) is 11.3 Å². The molecule has 2 amide bonds. The molecule has 1 saturated heterocycles. The number of hydrogen-bond donors (Lipinski definition) is 3. The van der Waals surface area contributed by atoms with Crippen LogP contribution in [-0.2, 0) is 14.3 Å². The number of H-pyrrole nitrogens is 2. The first-order chi connectivity index (χ1) is 13.2. The van der Waals surface area contributed by atoms with Crippen molar-refractivity contribution in [3.05, 3.63) is 40.7 Å². The van der Waals surface area contributed by atoms with Crippen molar-refractivity contribution in [2.75, 3.05) is 25.0 Å². The van der Waals surface area contributed by atoms with E-state index in [9.17, 15) is 14.4 Å². The fourth-order valence-electron chi connectivity index (χ4n) is 2.80. The Kier molecular flexibility index (Phi) is 5.55. The summed E-state index contributed by atoms with van der Waals surface area (Å²) in [6.07, 6.45) is -1.41. The molecule has 150 valence electrons. The van der Waals surface area contributed by atoms with Crippen LogP contribution < -0.4 is 10.9 Å². The second-order valence-corrected chi connectivity index (χ2v) is 7.47. The van der Waals surface area contributed by atoms with E-state index in [1.54, 1.807) is 20.8 Å². The fourth-order valence-corrected chi connectivity index (χ4v) is 2.80. The number of carbonyl (C=O) groups excluding carboxylic acids is 2. The number of morpholine rings is 1. The third kappa shape index (κ3) is 4.61. The number of benzene rings is 1. The second kappa shape index (κ2) is 7.89. The molecule has 0 spiro atoms. The summed E-state index contributed by atoms with van der Waals surface area (Å²) in [7, 11) is 0. The molecule has 1 aromatic carbocycles. The molecule has 0 unspecified atom stereocenters. The standard InChI is InChI=1S/C19H24N4O5/c1-19(2,3)28-18(26)23-9-10-27-13(11-23)16(24)20-15-14(21-22-17(15)25)12-7-5-4-6-8-12/h4-8,13H,9-11H2,1-3H3,(H,20,24)(H2,21,22,25)/t13-/m1/s1. The lowest BCUT2D eigenvalue weighted by molar-refractivity contribution is -0.132. The molecule has 0 radical (unpaired) electrons. The molecule has 0 aliphatic carbocycles. The van der Waals surface area contributed by atoms with Gasteiger partial charge in [0, 0.05) is 12.1 Å². The summed E-state index contributed by atoms with van der Waals surface area (Å²) >= 11 is 0. The molecule has 1 aliphatic rings. The van der Waals surface area contributed by atoms with Crippen molar-refractivity contribution < 1.29 is 19.1 Å². The lowest BCUT2D eigenvalue weighted by Crippen LogP contribution is -2.51. The number of nitrogens with one attached hydrogen (secondary N) is 3. The van der Waals surface area contributed by atoms with Crippen molar-refractivity contribution in [2.24, 2.45) is 0 Å². The summed E-state index contributed by atoms with van der Waals surface area (Å²) in [5, 5.41) is 7.87. The Balaban J connectivity index is 1.71. The van der Waals surface area contributed by atoms with Crippen LogP contribution >= 0.6 is 0 Å². The van der Waals surface area contributed by atoms with Crippen LogP contribution in [0, 0.1) is 0 Å². The van der Waals surface area contributed by atoms with Crippen molar-refractivity contribution in [1.29, 1.82) is 0 Å². The van der Waals surface area contributed by atoms with Gasteiger partial charge in [-0.3, -0.25) is 19.8 Å². The van der Waals surface area contributed by atoms with Crippen molar-refractivity contribution in [1.82, 2.24) is 15.1 Å². The van der Waals surface area contributed by atoms with Gasteiger partial charge in [0.15, 0.2) is 6.10 Å². The number of ether oxygens (including phenoxy) is 2. The number of rotatable bonds is 3. The van der Waals surface area contributed by atoms with Gasteiger partial charge in [-0.1, -0.05) is 30.3 Å². The highest BCUT2D eigenvalue weighted by atomic mass is 16.6. The Morgan fingerprint density at radius 1 is 1.21 bits per heavy atom. The van der Waals surface area contributed by atoms with Crippen LogP contribution in [0.2, 0.25) is 0 Å². The van der Waals surface area contributed by atoms with E-state index in [-0.39, 0.29) is 18.8 Å². The molecule has 3 N–H and O–H groups in total. The normalized spacial score (nSPS) is 17.2. The van der Waals surface area contributed by atoms with Gasteiger partial charge in [0.25, 0.3) is 11.5 Å². The maximum atomic E-state index is 12.7. The van der Waals surface area contributed by atoms with Gasteiger partial charge in [-0.2, -0.15) is 0 Å². The first-order valence-corrected chi connectivity index (χ1v) is 9.01. The summed E-state index contributed by atoms with van der Waals surface area (Å²) in [6.45, 7) is 5.91. The van der Waals surface area contributed by atoms with Gasteiger partial charge in [-0.05, 0) is 20.8 Å². The Morgan fingerprint density at radius 3 is 2.61 bits per heavy atom. The summed E-state index contributed by atoms with van der Waals surface area (Å²) in [5.74, 6) is -0.504. The zero-order valence-electron chi connectivity index (χ0n) is 16.1. The average Bonchev–Trinajstić information content (AvgIpc) is 3.01. The number of carbonyl (C=O) groups is 2. The maximum absolute atomic E-state index is 12.7. The second-order valence-electron chi connectivity index (χ2n) is 7.47. The molecule has 9 heteroatoms. The van der Waals surface area contributed by atoms with Crippen LogP contribution in [-0.4, -0.2) is 58.5 Å². The minimum Gasteiger partial charge on any atom is -0.444 e. The largest absolute Gasteiger partial charge is 0.444 e. The topological polar surface area (TPSA) is 117 Å².